The lowest BCUT2D eigenvalue weighted by Crippen LogP contribution is -2.53. The fourth-order valence-corrected chi connectivity index (χ4v) is 6.96. The third-order valence-corrected chi connectivity index (χ3v) is 9.43. The van der Waals surface area contributed by atoms with Gasteiger partial charge in [-0.15, -0.1) is 0 Å². The number of para-hydroxylation sites is 1. The van der Waals surface area contributed by atoms with Crippen molar-refractivity contribution >= 4 is 29.4 Å². The highest BCUT2D eigenvalue weighted by atomic mass is 16.6. The number of hydrogen-bond donors (Lipinski definition) is 1. The normalized spacial score (nSPS) is 17.9. The fourth-order valence-electron chi connectivity index (χ4n) is 6.96. The minimum Gasteiger partial charge on any atom is -0.460 e. The summed E-state index contributed by atoms with van der Waals surface area (Å²) in [4.78, 5) is 56.6. The van der Waals surface area contributed by atoms with Crippen LogP contribution in [0.4, 0.5) is 5.69 Å². The van der Waals surface area contributed by atoms with E-state index in [1.54, 1.807) is 0 Å². The van der Waals surface area contributed by atoms with Gasteiger partial charge in [0.25, 0.3) is 0 Å². The van der Waals surface area contributed by atoms with Gasteiger partial charge in [0.15, 0.2) is 0 Å². The first-order chi connectivity index (χ1) is 23.0. The maximum Gasteiger partial charge on any atom is 0.326 e. The van der Waals surface area contributed by atoms with Gasteiger partial charge >= 0.3 is 11.9 Å². The van der Waals surface area contributed by atoms with Gasteiger partial charge < -0.3 is 14.8 Å². The number of anilines is 1. The van der Waals surface area contributed by atoms with E-state index in [9.17, 15) is 19.2 Å². The third-order valence-electron chi connectivity index (χ3n) is 9.43. The smallest absolute Gasteiger partial charge is 0.326 e. The first-order valence-corrected chi connectivity index (χ1v) is 17.2. The number of carbonyl (C=O) groups is 4. The molecule has 2 amide bonds. The predicted octanol–water partition coefficient (Wildman–Crippen LogP) is 6.74. The largest absolute Gasteiger partial charge is 0.460 e. The Morgan fingerprint density at radius 3 is 2.19 bits per heavy atom. The summed E-state index contributed by atoms with van der Waals surface area (Å²) in [6, 6.07) is 26.1. The average molecular weight is 653 g/mol. The van der Waals surface area contributed by atoms with Crippen LogP contribution >= 0.6 is 0 Å². The topological polar surface area (TPSA) is 102 Å². The summed E-state index contributed by atoms with van der Waals surface area (Å²) >= 11 is 0. The second-order valence-electron chi connectivity index (χ2n) is 14.2. The highest BCUT2D eigenvalue weighted by Gasteiger charge is 2.46. The van der Waals surface area contributed by atoms with Gasteiger partial charge in [0.1, 0.15) is 24.8 Å². The van der Waals surface area contributed by atoms with E-state index in [1.165, 1.54) is 4.90 Å². The predicted molar refractivity (Wildman–Crippen MR) is 185 cm³/mol. The molecule has 2 atom stereocenters. The molecule has 0 radical (unpaired) electrons. The molecule has 1 aliphatic carbocycles. The zero-order valence-electron chi connectivity index (χ0n) is 28.4. The van der Waals surface area contributed by atoms with Crippen molar-refractivity contribution in [2.45, 2.75) is 96.8 Å². The molecule has 1 fully saturated rings. The van der Waals surface area contributed by atoms with Crippen molar-refractivity contribution in [2.75, 3.05) is 11.4 Å². The summed E-state index contributed by atoms with van der Waals surface area (Å²) < 4.78 is 11.4. The zero-order chi connectivity index (χ0) is 34.1. The fraction of sp³-hybridized carbons (Fsp3) is 0.450. The number of hydrogen-bond acceptors (Lipinski definition) is 6. The van der Waals surface area contributed by atoms with Crippen LogP contribution in [0.25, 0.3) is 0 Å². The maximum absolute atomic E-state index is 14.3. The van der Waals surface area contributed by atoms with Gasteiger partial charge in [0.05, 0.1) is 11.3 Å². The molecule has 48 heavy (non-hydrogen) atoms. The number of aryl methyl sites for hydroxylation is 2. The van der Waals surface area contributed by atoms with Crippen LogP contribution in [0.5, 0.6) is 0 Å². The molecule has 5 rings (SSSR count). The van der Waals surface area contributed by atoms with E-state index in [-0.39, 0.29) is 30.9 Å². The van der Waals surface area contributed by atoms with Crippen molar-refractivity contribution in [1.82, 2.24) is 5.32 Å². The number of esters is 2. The van der Waals surface area contributed by atoms with E-state index >= 15 is 0 Å². The molecule has 0 spiro atoms. The van der Waals surface area contributed by atoms with E-state index in [0.29, 0.717) is 50.6 Å². The summed E-state index contributed by atoms with van der Waals surface area (Å²) in [7, 11) is 0. The Morgan fingerprint density at radius 1 is 0.896 bits per heavy atom. The van der Waals surface area contributed by atoms with Crippen LogP contribution in [0.1, 0.15) is 82.4 Å². The first kappa shape index (κ1) is 34.9. The van der Waals surface area contributed by atoms with Gasteiger partial charge in [0, 0.05) is 5.69 Å². The highest BCUT2D eigenvalue weighted by Crippen LogP contribution is 2.45. The van der Waals surface area contributed by atoms with Crippen LogP contribution < -0.4 is 10.2 Å². The van der Waals surface area contributed by atoms with Crippen LogP contribution in [-0.4, -0.2) is 41.9 Å². The summed E-state index contributed by atoms with van der Waals surface area (Å²) in [5.41, 5.74) is 2.12. The second kappa shape index (κ2) is 15.6. The van der Waals surface area contributed by atoms with Crippen LogP contribution in [-0.2, 0) is 48.1 Å². The molecule has 2 aliphatic rings. The number of nitrogens with zero attached hydrogens (tertiary/aromatic N) is 1. The molecule has 1 heterocycles. The minimum absolute atomic E-state index is 0.106. The Labute approximate surface area is 284 Å². The van der Waals surface area contributed by atoms with Crippen molar-refractivity contribution in [3.63, 3.8) is 0 Å². The van der Waals surface area contributed by atoms with Gasteiger partial charge in [-0.3, -0.25) is 24.1 Å². The molecule has 1 aliphatic heterocycles. The number of carbonyl (C=O) groups excluding carboxylic acids is 4. The number of fused-ring (bicyclic) bond motifs is 1. The van der Waals surface area contributed by atoms with Gasteiger partial charge in [-0.25, -0.2) is 0 Å². The van der Waals surface area contributed by atoms with Gasteiger partial charge in [-0.2, -0.15) is 0 Å². The molecule has 3 aromatic carbocycles. The van der Waals surface area contributed by atoms with Crippen LogP contribution in [0.3, 0.4) is 0 Å². The summed E-state index contributed by atoms with van der Waals surface area (Å²) in [5, 5.41) is 3.12. The van der Waals surface area contributed by atoms with Gasteiger partial charge in [0.2, 0.25) is 11.8 Å². The molecule has 254 valence electrons. The molecule has 0 aromatic heterocycles. The Bertz CT molecular complexity index is 1560. The number of rotatable bonds is 12. The summed E-state index contributed by atoms with van der Waals surface area (Å²) in [6.45, 7) is 5.41. The van der Waals surface area contributed by atoms with E-state index in [0.717, 1.165) is 29.5 Å². The minimum atomic E-state index is -0.825. The van der Waals surface area contributed by atoms with Crippen molar-refractivity contribution < 1.29 is 28.7 Å². The van der Waals surface area contributed by atoms with Crippen LogP contribution in [0, 0.1) is 11.3 Å². The number of nitrogens with one attached hydrogen (secondary N) is 1. The Morgan fingerprint density at radius 2 is 1.52 bits per heavy atom. The Kier molecular flexibility index (Phi) is 11.3. The molecule has 1 saturated carbocycles. The van der Waals surface area contributed by atoms with Crippen molar-refractivity contribution in [3.05, 3.63) is 102 Å². The summed E-state index contributed by atoms with van der Waals surface area (Å²) in [6.07, 6.45) is 5.59. The Balaban J connectivity index is 1.33. The Hall–Kier alpha value is -4.46. The number of ether oxygens (including phenoxy) is 2. The summed E-state index contributed by atoms with van der Waals surface area (Å²) in [5.74, 6) is -1.84. The van der Waals surface area contributed by atoms with Crippen molar-refractivity contribution in [3.8, 4) is 0 Å². The quantitative estimate of drug-likeness (QED) is 0.218. The van der Waals surface area contributed by atoms with Gasteiger partial charge in [-0.05, 0) is 88.5 Å². The van der Waals surface area contributed by atoms with Crippen LogP contribution in [0.15, 0.2) is 84.9 Å². The second-order valence-corrected chi connectivity index (χ2v) is 14.2. The number of benzene rings is 3. The lowest BCUT2D eigenvalue weighted by molar-refractivity contribution is -0.162. The van der Waals surface area contributed by atoms with Crippen molar-refractivity contribution in [1.29, 1.82) is 0 Å². The molecule has 3 aromatic rings. The van der Waals surface area contributed by atoms with Crippen molar-refractivity contribution in [2.24, 2.45) is 11.3 Å². The van der Waals surface area contributed by atoms with E-state index < -0.39 is 28.9 Å². The highest BCUT2D eigenvalue weighted by molar-refractivity contribution is 6.03. The lowest BCUT2D eigenvalue weighted by atomic mass is 9.75. The van der Waals surface area contributed by atoms with E-state index in [1.807, 2.05) is 106 Å². The number of amides is 2. The molecule has 8 heteroatoms. The molecule has 2 unspecified atom stereocenters. The molecule has 0 bridgehead atoms. The monoisotopic (exact) mass is 652 g/mol. The molecular weight excluding hydrogens is 604 g/mol. The van der Waals surface area contributed by atoms with Gasteiger partial charge in [-0.1, -0.05) is 91.7 Å². The molecule has 0 saturated heterocycles. The molecule has 1 N–H and O–H groups in total. The van der Waals surface area contributed by atoms with E-state index in [4.69, 9.17) is 9.47 Å². The van der Waals surface area contributed by atoms with E-state index in [2.05, 4.69) is 5.32 Å². The third kappa shape index (κ3) is 9.12. The average Bonchev–Trinajstić information content (AvgIpc) is 3.52. The molecule has 8 nitrogen and oxygen atoms in total. The maximum atomic E-state index is 14.3. The van der Waals surface area contributed by atoms with Crippen LogP contribution in [0.2, 0.25) is 0 Å². The lowest BCUT2D eigenvalue weighted by Gasteiger charge is -2.34. The zero-order valence-corrected chi connectivity index (χ0v) is 28.4. The first-order valence-electron chi connectivity index (χ1n) is 17.2. The molecular formula is C40H48N2O6. The standard InChI is InChI=1S/C40H48N2O6/c1-39(2,3)48-37(45)32(21-20-29-14-6-4-7-15-29)26-40(24-12-13-25-40)38(46)41-33-23-22-31-18-10-11-19-34(31)42(36(33)44)27-35(43)47-28-30-16-8-5-9-17-30/h4-11,14-19,32-33H,12-13,20-28H2,1-3H3,(H,41,46). The SMILES string of the molecule is CC(C)(C)OC(=O)C(CCc1ccccc1)CC1(C(=O)NC2CCc3ccccc3N(CC(=O)OCc3ccccc3)C2=O)CCCC1.